The van der Waals surface area contributed by atoms with Crippen LogP contribution in [0.25, 0.3) is 0 Å². The van der Waals surface area contributed by atoms with Gasteiger partial charge in [-0.05, 0) is 20.3 Å². The number of esters is 2. The predicted molar refractivity (Wildman–Crippen MR) is 56.6 cm³/mol. The van der Waals surface area contributed by atoms with Crippen molar-refractivity contribution in [2.24, 2.45) is 11.8 Å². The first-order valence-electron chi connectivity index (χ1n) is 5.40. The second-order valence-corrected chi connectivity index (χ2v) is 3.19. The molecule has 5 heteroatoms. The van der Waals surface area contributed by atoms with Crippen LogP contribution in [0.2, 0.25) is 0 Å². The highest BCUT2D eigenvalue weighted by molar-refractivity contribution is 5.97. The van der Waals surface area contributed by atoms with Gasteiger partial charge in [-0.25, -0.2) is 0 Å². The van der Waals surface area contributed by atoms with Gasteiger partial charge in [0.15, 0.2) is 5.92 Å². The first-order chi connectivity index (χ1) is 7.62. The summed E-state index contributed by atoms with van der Waals surface area (Å²) in [5, 5.41) is 0. The third-order valence-electron chi connectivity index (χ3n) is 2.16. The van der Waals surface area contributed by atoms with Gasteiger partial charge in [0.1, 0.15) is 6.29 Å². The van der Waals surface area contributed by atoms with E-state index in [4.69, 9.17) is 9.47 Å². The van der Waals surface area contributed by atoms with Crippen LogP contribution in [0.3, 0.4) is 0 Å². The van der Waals surface area contributed by atoms with E-state index in [1.54, 1.807) is 20.8 Å². The SMILES string of the molecule is CCOC(=O)C(C(=O)OCC)[C@@H](C=O)CC. The molecule has 5 nitrogen and oxygen atoms in total. The van der Waals surface area contributed by atoms with Crippen molar-refractivity contribution in [1.82, 2.24) is 0 Å². The second kappa shape index (κ2) is 7.84. The lowest BCUT2D eigenvalue weighted by Crippen LogP contribution is -2.35. The van der Waals surface area contributed by atoms with Crippen LogP contribution in [0, 0.1) is 11.8 Å². The maximum absolute atomic E-state index is 11.5. The third kappa shape index (κ3) is 4.00. The summed E-state index contributed by atoms with van der Waals surface area (Å²) in [7, 11) is 0. The minimum absolute atomic E-state index is 0.171. The number of ether oxygens (including phenoxy) is 2. The molecule has 0 amide bonds. The zero-order valence-corrected chi connectivity index (χ0v) is 9.89. The molecular weight excluding hydrogens is 212 g/mol. The monoisotopic (exact) mass is 230 g/mol. The molecule has 16 heavy (non-hydrogen) atoms. The Bertz CT molecular complexity index is 231. The van der Waals surface area contributed by atoms with E-state index in [0.717, 1.165) is 0 Å². The molecule has 1 atom stereocenters. The number of carbonyl (C=O) groups excluding carboxylic acids is 3. The molecular formula is C11H18O5. The molecule has 92 valence electrons. The molecule has 0 unspecified atom stereocenters. The molecule has 0 aromatic carbocycles. The molecule has 0 N–H and O–H groups in total. The van der Waals surface area contributed by atoms with Crippen molar-refractivity contribution in [1.29, 1.82) is 0 Å². The summed E-state index contributed by atoms with van der Waals surface area (Å²) in [5.41, 5.74) is 0. The zero-order chi connectivity index (χ0) is 12.6. The first kappa shape index (κ1) is 14.6. The van der Waals surface area contributed by atoms with Crippen LogP contribution in [0.5, 0.6) is 0 Å². The van der Waals surface area contributed by atoms with Gasteiger partial charge in [0.25, 0.3) is 0 Å². The molecule has 0 spiro atoms. The van der Waals surface area contributed by atoms with Gasteiger partial charge in [-0.2, -0.15) is 0 Å². The van der Waals surface area contributed by atoms with Crippen molar-refractivity contribution < 1.29 is 23.9 Å². The number of aldehydes is 1. The van der Waals surface area contributed by atoms with Gasteiger partial charge < -0.3 is 14.3 Å². The van der Waals surface area contributed by atoms with E-state index < -0.39 is 23.8 Å². The van der Waals surface area contributed by atoms with Crippen LogP contribution in [0.4, 0.5) is 0 Å². The minimum atomic E-state index is -1.14. The quantitative estimate of drug-likeness (QED) is 0.370. The minimum Gasteiger partial charge on any atom is -0.465 e. The van der Waals surface area contributed by atoms with Crippen LogP contribution >= 0.6 is 0 Å². The van der Waals surface area contributed by atoms with Crippen molar-refractivity contribution in [3.05, 3.63) is 0 Å². The summed E-state index contributed by atoms with van der Waals surface area (Å²) in [6, 6.07) is 0. The van der Waals surface area contributed by atoms with Gasteiger partial charge in [0.05, 0.1) is 13.2 Å². The zero-order valence-electron chi connectivity index (χ0n) is 9.89. The highest BCUT2D eigenvalue weighted by atomic mass is 16.6. The number of rotatable bonds is 7. The van der Waals surface area contributed by atoms with Gasteiger partial charge in [-0.15, -0.1) is 0 Å². The van der Waals surface area contributed by atoms with Crippen LogP contribution < -0.4 is 0 Å². The summed E-state index contributed by atoms with van der Waals surface area (Å²) >= 11 is 0. The highest BCUT2D eigenvalue weighted by Gasteiger charge is 2.36. The van der Waals surface area contributed by atoms with E-state index in [2.05, 4.69) is 0 Å². The van der Waals surface area contributed by atoms with E-state index in [0.29, 0.717) is 12.7 Å². The van der Waals surface area contributed by atoms with Crippen molar-refractivity contribution in [3.63, 3.8) is 0 Å². The van der Waals surface area contributed by atoms with Crippen molar-refractivity contribution >= 4 is 18.2 Å². The third-order valence-corrected chi connectivity index (χ3v) is 2.16. The molecule has 0 aliphatic heterocycles. The lowest BCUT2D eigenvalue weighted by Gasteiger charge is -2.18. The molecule has 0 saturated heterocycles. The average Bonchev–Trinajstić information content (AvgIpc) is 2.25. The van der Waals surface area contributed by atoms with Crippen LogP contribution in [-0.4, -0.2) is 31.4 Å². The number of hydrogen-bond acceptors (Lipinski definition) is 5. The Morgan fingerprint density at radius 2 is 1.50 bits per heavy atom. The fraction of sp³-hybridized carbons (Fsp3) is 0.727. The normalized spacial score (nSPS) is 12.0. The average molecular weight is 230 g/mol. The fourth-order valence-electron chi connectivity index (χ4n) is 1.32. The lowest BCUT2D eigenvalue weighted by molar-refractivity contribution is -0.165. The molecule has 0 bridgehead atoms. The number of hydrogen-bond donors (Lipinski definition) is 0. The van der Waals surface area contributed by atoms with Crippen molar-refractivity contribution in [2.75, 3.05) is 13.2 Å². The maximum Gasteiger partial charge on any atom is 0.321 e. The van der Waals surface area contributed by atoms with Gasteiger partial charge in [0.2, 0.25) is 0 Å². The van der Waals surface area contributed by atoms with E-state index in [1.165, 1.54) is 0 Å². The molecule has 0 aliphatic carbocycles. The van der Waals surface area contributed by atoms with E-state index >= 15 is 0 Å². The Morgan fingerprint density at radius 3 is 1.75 bits per heavy atom. The second-order valence-electron chi connectivity index (χ2n) is 3.19. The van der Waals surface area contributed by atoms with E-state index in [-0.39, 0.29) is 13.2 Å². The first-order valence-corrected chi connectivity index (χ1v) is 5.40. The summed E-state index contributed by atoms with van der Waals surface area (Å²) in [5.74, 6) is -3.21. The van der Waals surface area contributed by atoms with E-state index in [9.17, 15) is 14.4 Å². The Labute approximate surface area is 95.1 Å². The van der Waals surface area contributed by atoms with Crippen LogP contribution in [-0.2, 0) is 23.9 Å². The fourth-order valence-corrected chi connectivity index (χ4v) is 1.32. The molecule has 0 rings (SSSR count). The van der Waals surface area contributed by atoms with Gasteiger partial charge >= 0.3 is 11.9 Å². The molecule has 0 aromatic heterocycles. The van der Waals surface area contributed by atoms with Gasteiger partial charge in [0, 0.05) is 5.92 Å². The Kier molecular flexibility index (Phi) is 7.16. The maximum atomic E-state index is 11.5. The lowest BCUT2D eigenvalue weighted by atomic mass is 9.91. The molecule has 0 aliphatic rings. The van der Waals surface area contributed by atoms with Crippen LogP contribution in [0.1, 0.15) is 27.2 Å². The van der Waals surface area contributed by atoms with Crippen molar-refractivity contribution in [2.45, 2.75) is 27.2 Å². The molecule has 0 fully saturated rings. The van der Waals surface area contributed by atoms with Crippen LogP contribution in [0.15, 0.2) is 0 Å². The van der Waals surface area contributed by atoms with Crippen molar-refractivity contribution in [3.8, 4) is 0 Å². The summed E-state index contributed by atoms with van der Waals surface area (Å²) < 4.78 is 9.51. The molecule has 0 aromatic rings. The molecule has 0 saturated carbocycles. The largest absolute Gasteiger partial charge is 0.465 e. The Morgan fingerprint density at radius 1 is 1.06 bits per heavy atom. The van der Waals surface area contributed by atoms with E-state index in [1.807, 2.05) is 0 Å². The Hall–Kier alpha value is -1.39. The molecule has 0 radical (unpaired) electrons. The molecule has 0 heterocycles. The summed E-state index contributed by atoms with van der Waals surface area (Å²) in [6.45, 7) is 5.35. The Balaban J connectivity index is 4.80. The topological polar surface area (TPSA) is 69.7 Å². The number of carbonyl (C=O) groups is 3. The smallest absolute Gasteiger partial charge is 0.321 e. The predicted octanol–water partition coefficient (Wildman–Crippen LogP) is 0.954. The standard InChI is InChI=1S/C11H18O5/c1-4-8(7-12)9(10(13)15-5-2)11(14)16-6-3/h7-9H,4-6H2,1-3H3/t8-/m1/s1. The highest BCUT2D eigenvalue weighted by Crippen LogP contribution is 2.17. The summed E-state index contributed by atoms with van der Waals surface area (Å²) in [6.07, 6.45) is 0.990. The summed E-state index contributed by atoms with van der Waals surface area (Å²) in [4.78, 5) is 33.9. The van der Waals surface area contributed by atoms with Gasteiger partial charge in [-0.1, -0.05) is 6.92 Å². The van der Waals surface area contributed by atoms with Gasteiger partial charge in [-0.3, -0.25) is 9.59 Å².